The molecule has 1 saturated heterocycles. The molecule has 1 N–H and O–H groups in total. The number of aryl methyl sites for hydroxylation is 1. The summed E-state index contributed by atoms with van der Waals surface area (Å²) < 4.78 is 0. The molecule has 0 radical (unpaired) electrons. The SMILES string of the molecule is CN1CCCC[C@H]1CCc1ccccc1NC(=O)/C=C/c1ccccc1. The third-order valence-corrected chi connectivity index (χ3v) is 5.17. The van der Waals surface area contributed by atoms with Crippen molar-refractivity contribution >= 4 is 17.7 Å². The van der Waals surface area contributed by atoms with Gasteiger partial charge in [-0.25, -0.2) is 0 Å². The number of carbonyl (C=O) groups is 1. The van der Waals surface area contributed by atoms with E-state index >= 15 is 0 Å². The van der Waals surface area contributed by atoms with Crippen LogP contribution >= 0.6 is 0 Å². The molecule has 0 bridgehead atoms. The standard InChI is InChI=1S/C23H28N2O/c1-25-18-8-7-12-21(25)16-15-20-11-5-6-13-22(20)24-23(26)17-14-19-9-3-2-4-10-19/h2-6,9-11,13-14,17,21H,7-8,12,15-16,18H2,1H3,(H,24,26)/b17-14+/t21-/m0/s1. The zero-order valence-electron chi connectivity index (χ0n) is 15.5. The Morgan fingerprint density at radius 3 is 2.69 bits per heavy atom. The predicted molar refractivity (Wildman–Crippen MR) is 109 cm³/mol. The van der Waals surface area contributed by atoms with Crippen molar-refractivity contribution < 1.29 is 4.79 Å². The van der Waals surface area contributed by atoms with Gasteiger partial charge in [0.25, 0.3) is 0 Å². The molecule has 0 aliphatic carbocycles. The van der Waals surface area contributed by atoms with Crippen LogP contribution in [0.5, 0.6) is 0 Å². The second-order valence-corrected chi connectivity index (χ2v) is 7.06. The van der Waals surface area contributed by atoms with Crippen molar-refractivity contribution in [1.29, 1.82) is 0 Å². The van der Waals surface area contributed by atoms with Gasteiger partial charge in [-0.15, -0.1) is 0 Å². The minimum Gasteiger partial charge on any atom is -0.322 e. The average Bonchev–Trinajstić information content (AvgIpc) is 2.68. The molecular formula is C23H28N2O. The molecule has 1 atom stereocenters. The van der Waals surface area contributed by atoms with Crippen LogP contribution in [0.2, 0.25) is 0 Å². The lowest BCUT2D eigenvalue weighted by atomic mass is 9.96. The monoisotopic (exact) mass is 348 g/mol. The normalized spacial score (nSPS) is 18.1. The van der Waals surface area contributed by atoms with Crippen LogP contribution in [0.4, 0.5) is 5.69 Å². The lowest BCUT2D eigenvalue weighted by Crippen LogP contribution is -2.36. The van der Waals surface area contributed by atoms with Crippen LogP contribution in [0, 0.1) is 0 Å². The van der Waals surface area contributed by atoms with E-state index in [2.05, 4.69) is 29.4 Å². The molecule has 2 aromatic rings. The fourth-order valence-corrected chi connectivity index (χ4v) is 3.60. The summed E-state index contributed by atoms with van der Waals surface area (Å²) in [5.74, 6) is -0.0870. The fraction of sp³-hybridized carbons (Fsp3) is 0.348. The van der Waals surface area contributed by atoms with E-state index in [1.165, 1.54) is 31.4 Å². The van der Waals surface area contributed by atoms with Crippen molar-refractivity contribution in [2.24, 2.45) is 0 Å². The second kappa shape index (κ2) is 9.35. The highest BCUT2D eigenvalue weighted by atomic mass is 16.1. The Bertz CT molecular complexity index is 739. The molecule has 136 valence electrons. The highest BCUT2D eigenvalue weighted by Crippen LogP contribution is 2.23. The highest BCUT2D eigenvalue weighted by molar-refractivity contribution is 6.02. The molecule has 0 aromatic heterocycles. The first-order chi connectivity index (χ1) is 12.7. The van der Waals surface area contributed by atoms with Crippen LogP contribution < -0.4 is 5.32 Å². The first kappa shape index (κ1) is 18.4. The van der Waals surface area contributed by atoms with Gasteiger partial charge in [0, 0.05) is 17.8 Å². The van der Waals surface area contributed by atoms with E-state index < -0.39 is 0 Å². The lowest BCUT2D eigenvalue weighted by Gasteiger charge is -2.32. The topological polar surface area (TPSA) is 32.3 Å². The molecule has 1 aliphatic heterocycles. The number of anilines is 1. The Morgan fingerprint density at radius 2 is 1.88 bits per heavy atom. The number of amides is 1. The number of likely N-dealkylation sites (tertiary alicyclic amines) is 1. The van der Waals surface area contributed by atoms with E-state index in [0.29, 0.717) is 6.04 Å². The lowest BCUT2D eigenvalue weighted by molar-refractivity contribution is -0.111. The van der Waals surface area contributed by atoms with Crippen molar-refractivity contribution in [3.63, 3.8) is 0 Å². The molecule has 0 unspecified atom stereocenters. The van der Waals surface area contributed by atoms with Crippen molar-refractivity contribution in [3.05, 3.63) is 71.8 Å². The Morgan fingerprint density at radius 1 is 1.12 bits per heavy atom. The highest BCUT2D eigenvalue weighted by Gasteiger charge is 2.18. The van der Waals surface area contributed by atoms with Crippen LogP contribution in [-0.4, -0.2) is 30.4 Å². The maximum atomic E-state index is 12.3. The summed E-state index contributed by atoms with van der Waals surface area (Å²) in [7, 11) is 2.23. The van der Waals surface area contributed by atoms with E-state index in [1.54, 1.807) is 6.08 Å². The summed E-state index contributed by atoms with van der Waals surface area (Å²) in [6.45, 7) is 1.20. The summed E-state index contributed by atoms with van der Waals surface area (Å²) in [4.78, 5) is 14.8. The Balaban J connectivity index is 1.59. The zero-order valence-corrected chi connectivity index (χ0v) is 15.5. The minimum absolute atomic E-state index is 0.0870. The number of benzene rings is 2. The van der Waals surface area contributed by atoms with Gasteiger partial charge in [-0.05, 0) is 62.5 Å². The van der Waals surface area contributed by atoms with Gasteiger partial charge >= 0.3 is 0 Å². The molecule has 26 heavy (non-hydrogen) atoms. The average molecular weight is 348 g/mol. The summed E-state index contributed by atoms with van der Waals surface area (Å²) in [6, 6.07) is 18.7. The van der Waals surface area contributed by atoms with Gasteiger partial charge in [-0.1, -0.05) is 55.0 Å². The van der Waals surface area contributed by atoms with Crippen LogP contribution in [0.1, 0.15) is 36.8 Å². The van der Waals surface area contributed by atoms with Gasteiger partial charge in [0.1, 0.15) is 0 Å². The second-order valence-electron chi connectivity index (χ2n) is 7.06. The molecule has 2 aromatic carbocycles. The molecule has 3 heteroatoms. The van der Waals surface area contributed by atoms with Crippen LogP contribution in [0.15, 0.2) is 60.7 Å². The van der Waals surface area contributed by atoms with Gasteiger partial charge in [0.05, 0.1) is 0 Å². The first-order valence-corrected chi connectivity index (χ1v) is 9.54. The van der Waals surface area contributed by atoms with Gasteiger partial charge in [-0.2, -0.15) is 0 Å². The summed E-state index contributed by atoms with van der Waals surface area (Å²) in [6.07, 6.45) is 9.50. The van der Waals surface area contributed by atoms with E-state index in [4.69, 9.17) is 0 Å². The predicted octanol–water partition coefficient (Wildman–Crippen LogP) is 4.76. The molecule has 1 heterocycles. The Kier molecular flexibility index (Phi) is 6.62. The van der Waals surface area contributed by atoms with Crippen molar-refractivity contribution in [2.75, 3.05) is 18.9 Å². The maximum Gasteiger partial charge on any atom is 0.248 e. The first-order valence-electron chi connectivity index (χ1n) is 9.54. The molecule has 3 rings (SSSR count). The smallest absolute Gasteiger partial charge is 0.248 e. The number of hydrogen-bond acceptors (Lipinski definition) is 2. The number of para-hydroxylation sites is 1. The fourth-order valence-electron chi connectivity index (χ4n) is 3.60. The molecule has 3 nitrogen and oxygen atoms in total. The number of nitrogens with zero attached hydrogens (tertiary/aromatic N) is 1. The van der Waals surface area contributed by atoms with Gasteiger partial charge in [0.2, 0.25) is 5.91 Å². The number of hydrogen-bond donors (Lipinski definition) is 1. The Hall–Kier alpha value is -2.39. The third kappa shape index (κ3) is 5.30. The number of rotatable bonds is 6. The Labute approximate surface area is 156 Å². The third-order valence-electron chi connectivity index (χ3n) is 5.17. The molecule has 1 amide bonds. The number of piperidine rings is 1. The van der Waals surface area contributed by atoms with Crippen LogP contribution in [0.3, 0.4) is 0 Å². The van der Waals surface area contributed by atoms with Crippen molar-refractivity contribution in [2.45, 2.75) is 38.1 Å². The molecule has 1 aliphatic rings. The van der Waals surface area contributed by atoms with E-state index in [1.807, 2.05) is 48.5 Å². The quantitative estimate of drug-likeness (QED) is 0.764. The molecular weight excluding hydrogens is 320 g/mol. The van der Waals surface area contributed by atoms with Crippen molar-refractivity contribution in [3.8, 4) is 0 Å². The van der Waals surface area contributed by atoms with Gasteiger partial charge < -0.3 is 10.2 Å². The van der Waals surface area contributed by atoms with Crippen molar-refractivity contribution in [1.82, 2.24) is 4.90 Å². The maximum absolute atomic E-state index is 12.3. The van der Waals surface area contributed by atoms with Gasteiger partial charge in [-0.3, -0.25) is 4.79 Å². The number of nitrogens with one attached hydrogen (secondary N) is 1. The summed E-state index contributed by atoms with van der Waals surface area (Å²) in [5.41, 5.74) is 3.16. The van der Waals surface area contributed by atoms with Crippen LogP contribution in [-0.2, 0) is 11.2 Å². The van der Waals surface area contributed by atoms with E-state index in [9.17, 15) is 4.79 Å². The molecule has 0 saturated carbocycles. The van der Waals surface area contributed by atoms with E-state index in [0.717, 1.165) is 24.1 Å². The summed E-state index contributed by atoms with van der Waals surface area (Å²) in [5, 5.41) is 3.04. The van der Waals surface area contributed by atoms with E-state index in [-0.39, 0.29) is 5.91 Å². The number of carbonyl (C=O) groups excluding carboxylic acids is 1. The molecule has 0 spiro atoms. The minimum atomic E-state index is -0.0870. The largest absolute Gasteiger partial charge is 0.322 e. The van der Waals surface area contributed by atoms with Crippen LogP contribution in [0.25, 0.3) is 6.08 Å². The van der Waals surface area contributed by atoms with Gasteiger partial charge in [0.15, 0.2) is 0 Å². The summed E-state index contributed by atoms with van der Waals surface area (Å²) >= 11 is 0. The molecule has 1 fully saturated rings. The zero-order chi connectivity index (χ0) is 18.2.